The van der Waals surface area contributed by atoms with E-state index in [1.807, 2.05) is 24.3 Å². The highest BCUT2D eigenvalue weighted by Gasteiger charge is 2.39. The predicted molar refractivity (Wildman–Crippen MR) is 92.2 cm³/mol. The molecule has 0 atom stereocenters. The van der Waals surface area contributed by atoms with Crippen molar-refractivity contribution in [3.8, 4) is 0 Å². The Hall–Kier alpha value is -2.35. The molecule has 0 unspecified atom stereocenters. The van der Waals surface area contributed by atoms with E-state index in [9.17, 15) is 22.8 Å². The second kappa shape index (κ2) is 8.15. The molecule has 0 heterocycles. The zero-order chi connectivity index (χ0) is 18.4. The van der Waals surface area contributed by atoms with Crippen LogP contribution in [0, 0.1) is 0 Å². The van der Waals surface area contributed by atoms with Gasteiger partial charge in [-0.3, -0.25) is 9.59 Å². The first kappa shape index (κ1) is 19.0. The Kier molecular flexibility index (Phi) is 6.19. The van der Waals surface area contributed by atoms with Crippen molar-refractivity contribution in [3.63, 3.8) is 0 Å². The van der Waals surface area contributed by atoms with E-state index in [0.717, 1.165) is 10.0 Å². The molecule has 0 fully saturated rings. The third-order valence-corrected chi connectivity index (χ3v) is 3.73. The van der Waals surface area contributed by atoms with Gasteiger partial charge in [-0.25, -0.2) is 0 Å². The highest BCUT2D eigenvalue weighted by atomic mass is 79.9. The molecule has 2 aromatic rings. The Morgan fingerprint density at radius 3 is 2.20 bits per heavy atom. The summed E-state index contributed by atoms with van der Waals surface area (Å²) in [6.45, 7) is 0. The predicted octanol–water partition coefficient (Wildman–Crippen LogP) is 4.52. The van der Waals surface area contributed by atoms with Crippen molar-refractivity contribution in [2.45, 2.75) is 19.0 Å². The lowest BCUT2D eigenvalue weighted by atomic mass is 10.1. The standard InChI is InChI=1S/C17H14BrF3N2O2/c18-12-5-3-4-11(10-12)8-9-15(24)22-13-6-1-2-7-14(13)23-16(25)17(19,20)21/h1-7,10H,8-9H2,(H,22,24)(H,23,25). The van der Waals surface area contributed by atoms with Crippen LogP contribution >= 0.6 is 15.9 Å². The number of nitrogens with one attached hydrogen (secondary N) is 2. The van der Waals surface area contributed by atoms with Gasteiger partial charge in [-0.2, -0.15) is 13.2 Å². The fourth-order valence-electron chi connectivity index (χ4n) is 2.06. The molecule has 0 saturated heterocycles. The summed E-state index contributed by atoms with van der Waals surface area (Å²) in [5.74, 6) is -2.46. The Morgan fingerprint density at radius 1 is 0.960 bits per heavy atom. The van der Waals surface area contributed by atoms with Crippen molar-refractivity contribution in [2.24, 2.45) is 0 Å². The Balaban J connectivity index is 2.00. The lowest BCUT2D eigenvalue weighted by Crippen LogP contribution is -2.30. The largest absolute Gasteiger partial charge is 0.471 e. The molecule has 0 aliphatic rings. The SMILES string of the molecule is O=C(CCc1cccc(Br)c1)Nc1ccccc1NC(=O)C(F)(F)F. The monoisotopic (exact) mass is 414 g/mol. The van der Waals surface area contributed by atoms with Crippen LogP contribution in [-0.2, 0) is 16.0 Å². The highest BCUT2D eigenvalue weighted by molar-refractivity contribution is 9.10. The van der Waals surface area contributed by atoms with Crippen molar-refractivity contribution in [1.29, 1.82) is 0 Å². The highest BCUT2D eigenvalue weighted by Crippen LogP contribution is 2.24. The molecule has 25 heavy (non-hydrogen) atoms. The Morgan fingerprint density at radius 2 is 1.60 bits per heavy atom. The number of aryl methyl sites for hydroxylation is 1. The number of halogens is 4. The van der Waals surface area contributed by atoms with E-state index in [1.165, 1.54) is 18.2 Å². The number of hydrogen-bond acceptors (Lipinski definition) is 2. The maximum absolute atomic E-state index is 12.4. The fraction of sp³-hybridized carbons (Fsp3) is 0.176. The van der Waals surface area contributed by atoms with Crippen LogP contribution in [0.4, 0.5) is 24.5 Å². The summed E-state index contributed by atoms with van der Waals surface area (Å²) in [5, 5.41) is 4.27. The van der Waals surface area contributed by atoms with Gasteiger partial charge in [0.1, 0.15) is 0 Å². The lowest BCUT2D eigenvalue weighted by molar-refractivity contribution is -0.167. The topological polar surface area (TPSA) is 58.2 Å². The van der Waals surface area contributed by atoms with E-state index < -0.39 is 12.1 Å². The van der Waals surface area contributed by atoms with Crippen LogP contribution in [0.5, 0.6) is 0 Å². The molecule has 0 radical (unpaired) electrons. The smallest absolute Gasteiger partial charge is 0.324 e. The molecule has 2 aromatic carbocycles. The maximum atomic E-state index is 12.4. The van der Waals surface area contributed by atoms with Crippen molar-refractivity contribution >= 4 is 39.1 Å². The zero-order valence-electron chi connectivity index (χ0n) is 12.9. The Labute approximate surface area is 150 Å². The van der Waals surface area contributed by atoms with Gasteiger partial charge in [-0.1, -0.05) is 40.2 Å². The zero-order valence-corrected chi connectivity index (χ0v) is 14.4. The van der Waals surface area contributed by atoms with Crippen LogP contribution in [0.3, 0.4) is 0 Å². The van der Waals surface area contributed by atoms with Crippen molar-refractivity contribution in [3.05, 3.63) is 58.6 Å². The summed E-state index contributed by atoms with van der Waals surface area (Å²) < 4.78 is 38.0. The molecule has 2 amide bonds. The number of amides is 2. The van der Waals surface area contributed by atoms with Gasteiger partial charge in [0.15, 0.2) is 0 Å². The molecular formula is C17H14BrF3N2O2. The van der Waals surface area contributed by atoms with Gasteiger partial charge in [0.05, 0.1) is 11.4 Å². The number of para-hydroxylation sites is 2. The molecule has 0 aliphatic heterocycles. The second-order valence-electron chi connectivity index (χ2n) is 5.18. The number of alkyl halides is 3. The van der Waals surface area contributed by atoms with Crippen molar-refractivity contribution in [2.75, 3.05) is 10.6 Å². The first-order valence-corrected chi connectivity index (χ1v) is 8.06. The molecule has 0 bridgehead atoms. The van der Waals surface area contributed by atoms with Crippen LogP contribution in [0.25, 0.3) is 0 Å². The van der Waals surface area contributed by atoms with Crippen molar-refractivity contribution < 1.29 is 22.8 Å². The minimum Gasteiger partial charge on any atom is -0.324 e. The molecular weight excluding hydrogens is 401 g/mol. The van der Waals surface area contributed by atoms with Crippen LogP contribution in [0.15, 0.2) is 53.0 Å². The summed E-state index contributed by atoms with van der Waals surface area (Å²) in [7, 11) is 0. The van der Waals surface area contributed by atoms with E-state index in [1.54, 1.807) is 11.4 Å². The normalized spacial score (nSPS) is 11.0. The summed E-state index contributed by atoms with van der Waals surface area (Å²) in [6.07, 6.45) is -4.38. The second-order valence-corrected chi connectivity index (χ2v) is 6.09. The summed E-state index contributed by atoms with van der Waals surface area (Å²) in [4.78, 5) is 23.1. The number of hydrogen-bond donors (Lipinski definition) is 2. The minimum atomic E-state index is -5.00. The molecule has 132 valence electrons. The van der Waals surface area contributed by atoms with Gasteiger partial charge < -0.3 is 10.6 Å². The van der Waals surface area contributed by atoms with E-state index in [0.29, 0.717) is 6.42 Å². The van der Waals surface area contributed by atoms with Crippen LogP contribution in [-0.4, -0.2) is 18.0 Å². The van der Waals surface area contributed by atoms with E-state index in [2.05, 4.69) is 21.2 Å². The van der Waals surface area contributed by atoms with Gasteiger partial charge in [-0.15, -0.1) is 0 Å². The average Bonchev–Trinajstić information content (AvgIpc) is 2.54. The van der Waals surface area contributed by atoms with Gasteiger partial charge in [0, 0.05) is 10.9 Å². The molecule has 4 nitrogen and oxygen atoms in total. The number of anilines is 2. The molecule has 2 rings (SSSR count). The third-order valence-electron chi connectivity index (χ3n) is 3.24. The molecule has 0 spiro atoms. The number of carbonyl (C=O) groups is 2. The van der Waals surface area contributed by atoms with E-state index in [-0.39, 0.29) is 23.7 Å². The summed E-state index contributed by atoms with van der Waals surface area (Å²) >= 11 is 3.34. The Bertz CT molecular complexity index is 778. The van der Waals surface area contributed by atoms with Gasteiger partial charge in [0.2, 0.25) is 5.91 Å². The lowest BCUT2D eigenvalue weighted by Gasteiger charge is -2.13. The molecule has 8 heteroatoms. The number of rotatable bonds is 5. The van der Waals surface area contributed by atoms with Crippen LogP contribution in [0.1, 0.15) is 12.0 Å². The number of benzene rings is 2. The third kappa shape index (κ3) is 5.90. The fourth-order valence-corrected chi connectivity index (χ4v) is 2.50. The van der Waals surface area contributed by atoms with E-state index >= 15 is 0 Å². The minimum absolute atomic E-state index is 0.111. The average molecular weight is 415 g/mol. The first-order valence-electron chi connectivity index (χ1n) is 7.27. The molecule has 0 aromatic heterocycles. The van der Waals surface area contributed by atoms with Crippen LogP contribution < -0.4 is 10.6 Å². The summed E-state index contributed by atoms with van der Waals surface area (Å²) in [5.41, 5.74) is 0.947. The summed E-state index contributed by atoms with van der Waals surface area (Å²) in [6, 6.07) is 13.2. The van der Waals surface area contributed by atoms with E-state index in [4.69, 9.17) is 0 Å². The quantitative estimate of drug-likeness (QED) is 0.755. The molecule has 0 aliphatic carbocycles. The van der Waals surface area contributed by atoms with Gasteiger partial charge in [-0.05, 0) is 36.2 Å². The van der Waals surface area contributed by atoms with Gasteiger partial charge >= 0.3 is 12.1 Å². The molecule has 2 N–H and O–H groups in total. The van der Waals surface area contributed by atoms with Crippen molar-refractivity contribution in [1.82, 2.24) is 0 Å². The number of carbonyl (C=O) groups excluding carboxylic acids is 2. The first-order chi connectivity index (χ1) is 11.8. The van der Waals surface area contributed by atoms with Crippen LogP contribution in [0.2, 0.25) is 0 Å². The molecule has 0 saturated carbocycles. The van der Waals surface area contributed by atoms with Gasteiger partial charge in [0.25, 0.3) is 0 Å². The maximum Gasteiger partial charge on any atom is 0.471 e.